The fourth-order valence-electron chi connectivity index (χ4n) is 10.7. The average Bonchev–Trinajstić information content (AvgIpc) is 3.69. The highest BCUT2D eigenvalue weighted by atomic mass is 35.5. The van der Waals surface area contributed by atoms with E-state index in [0.717, 1.165) is 43.2 Å². The Morgan fingerprint density at radius 1 is 0.689 bits per heavy atom. The fraction of sp³-hybridized carbons (Fsp3) is 0.429. The maximum atomic E-state index is 13.8. The molecule has 0 heterocycles. The van der Waals surface area contributed by atoms with Crippen molar-refractivity contribution in [3.05, 3.63) is 129 Å². The maximum Gasteiger partial charge on any atom is 0.346 e. The predicted molar refractivity (Wildman–Crippen MR) is 277 cm³/mol. The van der Waals surface area contributed by atoms with E-state index in [4.69, 9.17) is 37.4 Å². The van der Waals surface area contributed by atoms with Crippen molar-refractivity contribution in [3.8, 4) is 11.5 Å². The number of ketones is 1. The van der Waals surface area contributed by atoms with Gasteiger partial charge in [-0.15, -0.1) is 0 Å². The van der Waals surface area contributed by atoms with Crippen molar-refractivity contribution in [3.63, 3.8) is 0 Å². The monoisotopic (exact) mass is 1050 g/mol. The quantitative estimate of drug-likeness (QED) is 0.0453. The molecule has 0 aromatic heterocycles. The molecule has 0 unspecified atom stereocenters. The van der Waals surface area contributed by atoms with Gasteiger partial charge in [-0.2, -0.15) is 0 Å². The van der Waals surface area contributed by atoms with E-state index in [1.54, 1.807) is 42.5 Å². The SMILES string of the molecule is COC(=O)[C@H](CC(C)C)NC(=O)[C@H](Cc1ccccc1)NC(=O)CNC(=O)CNC(=O)[C@H](Cc1ccc(OC(=O)c2c(Cl)cccc2Cl)cc1)NC(=O)COc1ccc2c(c1)CC[C@@H]1[C@@H]2CC[C@]2(C)C(=O)CC[C@@H]12. The summed E-state index contributed by atoms with van der Waals surface area (Å²) in [6.07, 6.45) is 5.63. The van der Waals surface area contributed by atoms with Gasteiger partial charge >= 0.3 is 11.9 Å². The third kappa shape index (κ3) is 13.9. The highest BCUT2D eigenvalue weighted by molar-refractivity contribution is 6.39. The van der Waals surface area contributed by atoms with Crippen LogP contribution in [0.2, 0.25) is 10.0 Å². The largest absolute Gasteiger partial charge is 0.484 e. The Hall–Kier alpha value is -6.78. The van der Waals surface area contributed by atoms with E-state index >= 15 is 0 Å². The Balaban J connectivity index is 0.970. The first-order valence-corrected chi connectivity index (χ1v) is 25.8. The van der Waals surface area contributed by atoms with E-state index in [-0.39, 0.29) is 45.5 Å². The smallest absolute Gasteiger partial charge is 0.346 e. The summed E-state index contributed by atoms with van der Waals surface area (Å²) < 4.78 is 16.4. The molecule has 0 spiro atoms. The van der Waals surface area contributed by atoms with Gasteiger partial charge in [-0.05, 0) is 121 Å². The zero-order valence-electron chi connectivity index (χ0n) is 41.9. The predicted octanol–water partition coefficient (Wildman–Crippen LogP) is 6.41. The van der Waals surface area contributed by atoms with E-state index in [1.807, 2.05) is 32.0 Å². The number of hydrogen-bond acceptors (Lipinski definition) is 11. The van der Waals surface area contributed by atoms with Crippen molar-refractivity contribution < 1.29 is 52.6 Å². The lowest BCUT2D eigenvalue weighted by Gasteiger charge is -2.48. The minimum Gasteiger partial charge on any atom is -0.484 e. The number of amides is 5. The molecule has 7 atom stereocenters. The van der Waals surface area contributed by atoms with Crippen LogP contribution >= 0.6 is 23.2 Å². The molecule has 16 nitrogen and oxygen atoms in total. The van der Waals surface area contributed by atoms with Crippen LogP contribution in [0.5, 0.6) is 11.5 Å². The van der Waals surface area contributed by atoms with Crippen LogP contribution in [0, 0.1) is 23.2 Å². The summed E-state index contributed by atoms with van der Waals surface area (Å²) in [7, 11) is 1.22. The molecule has 3 aliphatic carbocycles. The summed E-state index contributed by atoms with van der Waals surface area (Å²) in [6, 6.07) is 22.4. The summed E-state index contributed by atoms with van der Waals surface area (Å²) in [5.74, 6) is -2.46. The van der Waals surface area contributed by atoms with Crippen LogP contribution in [-0.4, -0.2) is 92.2 Å². The minimum atomic E-state index is -1.22. The first kappa shape index (κ1) is 55.0. The number of esters is 2. The number of ether oxygens (including phenoxy) is 3. The lowest BCUT2D eigenvalue weighted by molar-refractivity contribution is -0.145. The van der Waals surface area contributed by atoms with Gasteiger partial charge in [-0.25, -0.2) is 9.59 Å². The highest BCUT2D eigenvalue weighted by Crippen LogP contribution is 2.59. The van der Waals surface area contributed by atoms with Gasteiger partial charge in [0.2, 0.25) is 23.6 Å². The van der Waals surface area contributed by atoms with Crippen LogP contribution in [0.25, 0.3) is 0 Å². The van der Waals surface area contributed by atoms with Gasteiger partial charge in [0.25, 0.3) is 5.91 Å². The summed E-state index contributed by atoms with van der Waals surface area (Å²) >= 11 is 12.4. The number of benzene rings is 4. The number of halogens is 2. The number of nitrogens with one attached hydrogen (secondary N) is 5. The van der Waals surface area contributed by atoms with Crippen molar-refractivity contribution >= 4 is 70.5 Å². The molecule has 5 N–H and O–H groups in total. The number of methoxy groups -OCH3 is 1. The summed E-state index contributed by atoms with van der Waals surface area (Å²) in [5, 5.41) is 13.3. The van der Waals surface area contributed by atoms with Gasteiger partial charge in [0.1, 0.15) is 35.4 Å². The molecule has 392 valence electrons. The molecule has 0 bridgehead atoms. The topological polar surface area (TPSA) is 224 Å². The van der Waals surface area contributed by atoms with Crippen molar-refractivity contribution in [1.82, 2.24) is 26.6 Å². The lowest BCUT2D eigenvalue weighted by atomic mass is 9.55. The van der Waals surface area contributed by atoms with Gasteiger partial charge in [0, 0.05) is 24.7 Å². The van der Waals surface area contributed by atoms with E-state index in [0.29, 0.717) is 47.7 Å². The molecule has 3 aliphatic rings. The molecule has 2 saturated carbocycles. The molecule has 4 aromatic carbocycles. The number of hydrogen-bond donors (Lipinski definition) is 5. The highest BCUT2D eigenvalue weighted by Gasteiger charge is 2.54. The molecular weight excluding hydrogens is 990 g/mol. The fourth-order valence-corrected chi connectivity index (χ4v) is 11.3. The molecular formula is C56H63Cl2N5O11. The number of fused-ring (bicyclic) bond motifs is 5. The maximum absolute atomic E-state index is 13.8. The van der Waals surface area contributed by atoms with Crippen molar-refractivity contribution in [2.24, 2.45) is 23.2 Å². The minimum absolute atomic E-state index is 0.00275. The van der Waals surface area contributed by atoms with Gasteiger partial charge in [-0.1, -0.05) is 98.6 Å². The number of Topliss-reactive ketones (excluding diaryl/α,β-unsaturated/α-hetero) is 1. The summed E-state index contributed by atoms with van der Waals surface area (Å²) in [4.78, 5) is 105. The second kappa shape index (κ2) is 25.0. The van der Waals surface area contributed by atoms with Crippen molar-refractivity contribution in [2.45, 2.75) is 103 Å². The van der Waals surface area contributed by atoms with Crippen LogP contribution in [0.3, 0.4) is 0 Å². The third-order valence-corrected chi connectivity index (χ3v) is 15.1. The number of aryl methyl sites for hydroxylation is 1. The Morgan fingerprint density at radius 2 is 1.34 bits per heavy atom. The zero-order valence-corrected chi connectivity index (χ0v) is 43.4. The van der Waals surface area contributed by atoms with Crippen LogP contribution in [0.1, 0.15) is 97.8 Å². The van der Waals surface area contributed by atoms with Crippen LogP contribution in [0.15, 0.2) is 91.0 Å². The van der Waals surface area contributed by atoms with Gasteiger partial charge in [0.05, 0.1) is 35.8 Å². The van der Waals surface area contributed by atoms with Crippen molar-refractivity contribution in [1.29, 1.82) is 0 Å². The molecule has 74 heavy (non-hydrogen) atoms. The number of carbonyl (C=O) groups excluding carboxylic acids is 8. The molecule has 7 rings (SSSR count). The van der Waals surface area contributed by atoms with Crippen LogP contribution < -0.4 is 36.1 Å². The van der Waals surface area contributed by atoms with Gasteiger partial charge < -0.3 is 40.8 Å². The number of carbonyl (C=O) groups is 8. The summed E-state index contributed by atoms with van der Waals surface area (Å²) in [6.45, 7) is 4.38. The Labute approximate surface area is 440 Å². The Morgan fingerprint density at radius 3 is 2.03 bits per heavy atom. The van der Waals surface area contributed by atoms with Gasteiger partial charge in [0.15, 0.2) is 6.61 Å². The third-order valence-electron chi connectivity index (χ3n) is 14.5. The molecule has 5 amide bonds. The zero-order chi connectivity index (χ0) is 53.1. The second-order valence-electron chi connectivity index (χ2n) is 20.0. The molecule has 4 aromatic rings. The first-order chi connectivity index (χ1) is 35.4. The van der Waals surface area contributed by atoms with E-state index in [2.05, 4.69) is 39.6 Å². The molecule has 0 saturated heterocycles. The first-order valence-electron chi connectivity index (χ1n) is 25.0. The lowest BCUT2D eigenvalue weighted by Crippen LogP contribution is -2.54. The Bertz CT molecular complexity index is 2720. The van der Waals surface area contributed by atoms with Crippen LogP contribution in [0.4, 0.5) is 0 Å². The van der Waals surface area contributed by atoms with E-state index in [9.17, 15) is 38.4 Å². The number of rotatable bonds is 21. The summed E-state index contributed by atoms with van der Waals surface area (Å²) in [5.41, 5.74) is 3.50. The average molecular weight is 1050 g/mol. The normalized spacial score (nSPS) is 19.8. The molecule has 2 fully saturated rings. The molecule has 0 radical (unpaired) electrons. The molecule has 0 aliphatic heterocycles. The second-order valence-corrected chi connectivity index (χ2v) is 20.8. The van der Waals surface area contributed by atoms with Crippen molar-refractivity contribution in [2.75, 3.05) is 26.8 Å². The van der Waals surface area contributed by atoms with Crippen LogP contribution in [-0.2, 0) is 57.6 Å². The Kier molecular flexibility index (Phi) is 18.5. The van der Waals surface area contributed by atoms with E-state index in [1.165, 1.54) is 36.9 Å². The standard InChI is InChI=1S/C56H63Cl2N5O11/c1-32(2)25-46(54(70)72-4)63-53(69)45(26-33-9-6-5-7-10-33)61-49(66)30-59-48(65)29-60-52(68)44(27-34-13-16-36(17-14-34)74-55(71)51-42(57)11-8-12-43(51)58)62-50(67)31-73-37-18-20-38-35(28-37)15-19-40-39(38)23-24-56(3)41(40)21-22-47(56)64/h5-14,16-18,20,28,32,39-41,44-46H,15,19,21-27,29-31H2,1-4H3,(H,59,65)(H,60,68)(H,61,66)(H,62,67)(H,63,69)/t39-,40-,41+,44+,45+,46+,56+/m1/s1. The van der Waals surface area contributed by atoms with Gasteiger partial charge in [-0.3, -0.25) is 28.8 Å². The molecule has 18 heteroatoms. The van der Waals surface area contributed by atoms with E-state index < -0.39 is 79.3 Å².